The van der Waals surface area contributed by atoms with E-state index in [1.54, 1.807) is 12.1 Å². The Bertz CT molecular complexity index is 687. The highest BCUT2D eigenvalue weighted by molar-refractivity contribution is 7.94. The first-order valence-corrected chi connectivity index (χ1v) is 7.75. The molecule has 0 aliphatic rings. The summed E-state index contributed by atoms with van der Waals surface area (Å²) in [7, 11) is -2.74. The number of anilines is 1. The Balaban J connectivity index is 3.07. The van der Waals surface area contributed by atoms with Gasteiger partial charge >= 0.3 is 5.97 Å². The maximum atomic E-state index is 12.1. The molecular formula is C14H18N2O4S. The van der Waals surface area contributed by atoms with Crippen LogP contribution in [0.4, 0.5) is 5.69 Å². The Labute approximate surface area is 124 Å². The summed E-state index contributed by atoms with van der Waals surface area (Å²) >= 11 is 0. The second-order valence-corrected chi connectivity index (χ2v) is 6.41. The van der Waals surface area contributed by atoms with Gasteiger partial charge in [0.05, 0.1) is 13.7 Å². The van der Waals surface area contributed by atoms with Crippen LogP contribution in [0.1, 0.15) is 18.1 Å². The number of hydrogen-bond donors (Lipinski definition) is 2. The number of benzene rings is 1. The minimum absolute atomic E-state index is 0.217. The number of sulfonamides is 1. The maximum absolute atomic E-state index is 12.1. The second kappa shape index (κ2) is 7.11. The van der Waals surface area contributed by atoms with Gasteiger partial charge in [0.1, 0.15) is 0 Å². The number of aryl methyl sites for hydroxylation is 1. The molecular weight excluding hydrogens is 292 g/mol. The van der Waals surface area contributed by atoms with E-state index in [0.29, 0.717) is 11.3 Å². The third kappa shape index (κ3) is 4.77. The normalized spacial score (nSPS) is 12.0. The molecule has 1 atom stereocenters. The van der Waals surface area contributed by atoms with Gasteiger partial charge in [-0.1, -0.05) is 11.8 Å². The predicted octanol–water partition coefficient (Wildman–Crippen LogP) is 0.608. The molecule has 21 heavy (non-hydrogen) atoms. The lowest BCUT2D eigenvalue weighted by Gasteiger charge is -2.13. The molecule has 0 aliphatic carbocycles. The first kappa shape index (κ1) is 17.0. The topological polar surface area (TPSA) is 98.5 Å². The fourth-order valence-electron chi connectivity index (χ4n) is 1.61. The molecule has 0 fully saturated rings. The molecule has 114 valence electrons. The van der Waals surface area contributed by atoms with Crippen LogP contribution in [0, 0.1) is 18.8 Å². The molecule has 6 nitrogen and oxygen atoms in total. The lowest BCUT2D eigenvalue weighted by molar-refractivity contribution is -0.139. The van der Waals surface area contributed by atoms with Crippen molar-refractivity contribution in [3.63, 3.8) is 0 Å². The van der Waals surface area contributed by atoms with Crippen molar-refractivity contribution in [1.82, 2.24) is 0 Å². The van der Waals surface area contributed by atoms with Gasteiger partial charge in [-0.15, -0.1) is 0 Å². The molecule has 1 unspecified atom stereocenters. The molecule has 1 aromatic carbocycles. The van der Waals surface area contributed by atoms with Crippen LogP contribution in [-0.2, 0) is 19.6 Å². The van der Waals surface area contributed by atoms with E-state index >= 15 is 0 Å². The van der Waals surface area contributed by atoms with Crippen LogP contribution < -0.4 is 10.5 Å². The van der Waals surface area contributed by atoms with Crippen molar-refractivity contribution in [1.29, 1.82) is 0 Å². The van der Waals surface area contributed by atoms with E-state index in [1.807, 2.05) is 13.0 Å². The van der Waals surface area contributed by atoms with Crippen molar-refractivity contribution >= 4 is 21.7 Å². The summed E-state index contributed by atoms with van der Waals surface area (Å²) in [5, 5.41) is -1.30. The average Bonchev–Trinajstić information content (AvgIpc) is 2.42. The Morgan fingerprint density at radius 2 is 2.10 bits per heavy atom. The summed E-state index contributed by atoms with van der Waals surface area (Å²) in [6, 6.07) is 5.04. The minimum atomic E-state index is -3.88. The van der Waals surface area contributed by atoms with E-state index in [-0.39, 0.29) is 6.54 Å². The van der Waals surface area contributed by atoms with Crippen molar-refractivity contribution in [2.75, 3.05) is 18.4 Å². The number of esters is 1. The molecule has 0 saturated carbocycles. The Kier molecular flexibility index (Phi) is 5.76. The van der Waals surface area contributed by atoms with Crippen LogP contribution in [0.5, 0.6) is 0 Å². The first-order chi connectivity index (χ1) is 9.80. The second-order valence-electron chi connectivity index (χ2n) is 4.41. The molecule has 0 heterocycles. The monoisotopic (exact) mass is 310 g/mol. The third-order valence-electron chi connectivity index (χ3n) is 2.67. The number of nitrogens with two attached hydrogens (primary N) is 1. The molecule has 7 heteroatoms. The van der Waals surface area contributed by atoms with Crippen LogP contribution in [0.3, 0.4) is 0 Å². The van der Waals surface area contributed by atoms with Crippen LogP contribution >= 0.6 is 0 Å². The van der Waals surface area contributed by atoms with Gasteiger partial charge in [0.25, 0.3) is 0 Å². The van der Waals surface area contributed by atoms with Gasteiger partial charge in [-0.25, -0.2) is 8.42 Å². The highest BCUT2D eigenvalue weighted by Gasteiger charge is 2.28. The van der Waals surface area contributed by atoms with Crippen LogP contribution in [-0.4, -0.2) is 33.3 Å². The summed E-state index contributed by atoms with van der Waals surface area (Å²) in [5.74, 6) is 4.71. The van der Waals surface area contributed by atoms with Gasteiger partial charge in [-0.2, -0.15) is 0 Å². The largest absolute Gasteiger partial charge is 0.468 e. The van der Waals surface area contributed by atoms with Crippen molar-refractivity contribution in [3.05, 3.63) is 29.3 Å². The lowest BCUT2D eigenvalue weighted by Crippen LogP contribution is -2.33. The predicted molar refractivity (Wildman–Crippen MR) is 81.1 cm³/mol. The number of carbonyl (C=O) groups excluding carboxylic acids is 1. The zero-order valence-electron chi connectivity index (χ0n) is 12.1. The molecule has 1 aromatic rings. The summed E-state index contributed by atoms with van der Waals surface area (Å²) in [6.07, 6.45) is 0. The number of carbonyl (C=O) groups is 1. The van der Waals surface area contributed by atoms with Gasteiger partial charge in [-0.05, 0) is 37.6 Å². The summed E-state index contributed by atoms with van der Waals surface area (Å²) < 4.78 is 30.9. The molecule has 0 amide bonds. The van der Waals surface area contributed by atoms with Gasteiger partial charge in [-0.3, -0.25) is 9.52 Å². The smallest absolute Gasteiger partial charge is 0.325 e. The zero-order valence-corrected chi connectivity index (χ0v) is 13.0. The number of methoxy groups -OCH3 is 1. The van der Waals surface area contributed by atoms with Crippen LogP contribution in [0.25, 0.3) is 0 Å². The maximum Gasteiger partial charge on any atom is 0.325 e. The Hall–Kier alpha value is -2.04. The number of hydrogen-bond acceptors (Lipinski definition) is 5. The minimum Gasteiger partial charge on any atom is -0.468 e. The van der Waals surface area contributed by atoms with Crippen molar-refractivity contribution in [3.8, 4) is 11.8 Å². The lowest BCUT2D eigenvalue weighted by atomic mass is 10.1. The number of rotatable bonds is 4. The van der Waals surface area contributed by atoms with Gasteiger partial charge in [0, 0.05) is 11.3 Å². The fraction of sp³-hybridized carbons (Fsp3) is 0.357. The standard InChI is InChI=1S/C14H18N2O4S/c1-10-7-12(5-4-6-15)9-13(8-10)16-21(18,19)11(2)14(17)20-3/h7-9,11,16H,6,15H2,1-3H3. The van der Waals surface area contributed by atoms with E-state index in [4.69, 9.17) is 5.73 Å². The van der Waals surface area contributed by atoms with Crippen molar-refractivity contribution in [2.45, 2.75) is 19.1 Å². The molecule has 0 bridgehead atoms. The van der Waals surface area contributed by atoms with Crippen molar-refractivity contribution in [2.24, 2.45) is 5.73 Å². The average molecular weight is 310 g/mol. The Morgan fingerprint density at radius 3 is 2.67 bits per heavy atom. The van der Waals surface area contributed by atoms with Crippen molar-refractivity contribution < 1.29 is 17.9 Å². The van der Waals surface area contributed by atoms with Gasteiger partial charge < -0.3 is 10.5 Å². The molecule has 0 aliphatic heterocycles. The highest BCUT2D eigenvalue weighted by Crippen LogP contribution is 2.17. The third-order valence-corrected chi connectivity index (χ3v) is 4.31. The summed E-state index contributed by atoms with van der Waals surface area (Å²) in [5.41, 5.74) is 7.12. The Morgan fingerprint density at radius 1 is 1.43 bits per heavy atom. The number of ether oxygens (including phenoxy) is 1. The van der Waals surface area contributed by atoms with E-state index in [1.165, 1.54) is 6.92 Å². The van der Waals surface area contributed by atoms with E-state index in [2.05, 4.69) is 21.3 Å². The highest BCUT2D eigenvalue weighted by atomic mass is 32.2. The summed E-state index contributed by atoms with van der Waals surface area (Å²) in [4.78, 5) is 11.3. The molecule has 0 aromatic heterocycles. The molecule has 0 spiro atoms. The first-order valence-electron chi connectivity index (χ1n) is 6.20. The quantitative estimate of drug-likeness (QED) is 0.627. The van der Waals surface area contributed by atoms with Gasteiger partial charge in [0.15, 0.2) is 5.25 Å². The molecule has 1 rings (SSSR count). The molecule has 3 N–H and O–H groups in total. The molecule has 0 radical (unpaired) electrons. The zero-order chi connectivity index (χ0) is 16.0. The van der Waals surface area contributed by atoms with Gasteiger partial charge in [0.2, 0.25) is 10.0 Å². The summed E-state index contributed by atoms with van der Waals surface area (Å²) in [6.45, 7) is 3.29. The van der Waals surface area contributed by atoms with Crippen LogP contribution in [0.2, 0.25) is 0 Å². The number of nitrogens with one attached hydrogen (secondary N) is 1. The van der Waals surface area contributed by atoms with Crippen LogP contribution in [0.15, 0.2) is 18.2 Å². The van der Waals surface area contributed by atoms with E-state index in [9.17, 15) is 13.2 Å². The SMILES string of the molecule is COC(=O)C(C)S(=O)(=O)Nc1cc(C)cc(C#CCN)c1. The van der Waals surface area contributed by atoms with E-state index < -0.39 is 21.2 Å². The fourth-order valence-corrected chi connectivity index (χ4v) is 2.59. The molecule has 0 saturated heterocycles. The van der Waals surface area contributed by atoms with E-state index in [0.717, 1.165) is 12.7 Å².